The van der Waals surface area contributed by atoms with Gasteiger partial charge in [-0.2, -0.15) is 0 Å². The number of hydrogen-bond acceptors (Lipinski definition) is 5. The average Bonchev–Trinajstić information content (AvgIpc) is 3.03. The molecule has 2 atom stereocenters. The zero-order chi connectivity index (χ0) is 22.1. The van der Waals surface area contributed by atoms with E-state index in [0.717, 1.165) is 18.4 Å². The van der Waals surface area contributed by atoms with Crippen molar-refractivity contribution < 1.29 is 23.8 Å². The van der Waals surface area contributed by atoms with Crippen molar-refractivity contribution in [1.82, 2.24) is 5.32 Å². The Kier molecular flexibility index (Phi) is 8.10. The molecule has 1 aliphatic heterocycles. The molecule has 0 aliphatic carbocycles. The summed E-state index contributed by atoms with van der Waals surface area (Å²) in [5.74, 6) is 0.678. The number of rotatable bonds is 8. The van der Waals surface area contributed by atoms with Crippen molar-refractivity contribution in [2.45, 2.75) is 38.7 Å². The summed E-state index contributed by atoms with van der Waals surface area (Å²) in [5.41, 5.74) is 1.96. The molecule has 6 nitrogen and oxygen atoms in total. The Hall–Kier alpha value is -3.28. The van der Waals surface area contributed by atoms with Crippen LogP contribution in [0.3, 0.4) is 0 Å². The monoisotopic (exact) mass is 423 g/mol. The van der Waals surface area contributed by atoms with Crippen LogP contribution in [-0.2, 0) is 14.3 Å². The van der Waals surface area contributed by atoms with Gasteiger partial charge in [-0.15, -0.1) is 0 Å². The Morgan fingerprint density at radius 1 is 1.10 bits per heavy atom. The van der Waals surface area contributed by atoms with Gasteiger partial charge in [0.15, 0.2) is 17.6 Å². The molecule has 0 bridgehead atoms. The lowest BCUT2D eigenvalue weighted by Crippen LogP contribution is -2.37. The maximum Gasteiger partial charge on any atom is 0.331 e. The van der Waals surface area contributed by atoms with Crippen molar-refractivity contribution >= 4 is 18.0 Å². The molecule has 0 aromatic heterocycles. The molecule has 3 rings (SSSR count). The van der Waals surface area contributed by atoms with Gasteiger partial charge in [-0.1, -0.05) is 43.3 Å². The van der Waals surface area contributed by atoms with E-state index in [1.807, 2.05) is 48.5 Å². The van der Waals surface area contributed by atoms with E-state index in [4.69, 9.17) is 14.2 Å². The first kappa shape index (κ1) is 22.4. The van der Waals surface area contributed by atoms with Crippen LogP contribution in [0, 0.1) is 0 Å². The van der Waals surface area contributed by atoms with Crippen LogP contribution in [0.2, 0.25) is 0 Å². The molecule has 0 unspecified atom stereocenters. The first-order valence-electron chi connectivity index (χ1n) is 10.7. The van der Waals surface area contributed by atoms with Crippen LogP contribution >= 0.6 is 0 Å². The molecule has 164 valence electrons. The van der Waals surface area contributed by atoms with Gasteiger partial charge in [-0.25, -0.2) is 4.79 Å². The third kappa shape index (κ3) is 6.60. The first-order chi connectivity index (χ1) is 15.1. The predicted molar refractivity (Wildman–Crippen MR) is 119 cm³/mol. The van der Waals surface area contributed by atoms with E-state index in [1.165, 1.54) is 11.6 Å². The number of fused-ring (bicyclic) bond motifs is 1. The smallest absolute Gasteiger partial charge is 0.331 e. The molecule has 0 radical (unpaired) electrons. The molecule has 1 N–H and O–H groups in total. The number of carbonyl (C=O) groups is 2. The molecular formula is C25H29NO5. The van der Waals surface area contributed by atoms with Gasteiger partial charge in [0, 0.05) is 25.0 Å². The van der Waals surface area contributed by atoms with Crippen LogP contribution in [0.4, 0.5) is 0 Å². The van der Waals surface area contributed by atoms with E-state index < -0.39 is 12.1 Å². The van der Waals surface area contributed by atoms with E-state index >= 15 is 0 Å². The Morgan fingerprint density at radius 2 is 1.84 bits per heavy atom. The fraction of sp³-hybridized carbons (Fsp3) is 0.360. The van der Waals surface area contributed by atoms with Crippen molar-refractivity contribution in [1.29, 1.82) is 0 Å². The fourth-order valence-electron chi connectivity index (χ4n) is 3.31. The summed E-state index contributed by atoms with van der Waals surface area (Å²) in [6, 6.07) is 15.5. The van der Waals surface area contributed by atoms with Crippen LogP contribution in [0.15, 0.2) is 54.6 Å². The lowest BCUT2D eigenvalue weighted by Gasteiger charge is -2.18. The summed E-state index contributed by atoms with van der Waals surface area (Å²) >= 11 is 0. The summed E-state index contributed by atoms with van der Waals surface area (Å²) in [7, 11) is 0. The highest BCUT2D eigenvalue weighted by Gasteiger charge is 2.18. The van der Waals surface area contributed by atoms with Gasteiger partial charge in [-0.3, -0.25) is 4.79 Å². The quantitative estimate of drug-likeness (QED) is 0.511. The highest BCUT2D eigenvalue weighted by molar-refractivity contribution is 5.90. The Balaban J connectivity index is 1.49. The van der Waals surface area contributed by atoms with Gasteiger partial charge in [0.25, 0.3) is 5.91 Å². The van der Waals surface area contributed by atoms with E-state index in [2.05, 4.69) is 12.2 Å². The molecule has 0 saturated carbocycles. The second-order valence-electron chi connectivity index (χ2n) is 7.43. The van der Waals surface area contributed by atoms with E-state index in [-0.39, 0.29) is 11.8 Å². The summed E-state index contributed by atoms with van der Waals surface area (Å²) in [6.45, 7) is 5.36. The summed E-state index contributed by atoms with van der Waals surface area (Å²) in [6.07, 6.45) is 3.79. The van der Waals surface area contributed by atoms with E-state index in [1.54, 1.807) is 13.0 Å². The fourth-order valence-corrected chi connectivity index (χ4v) is 3.31. The zero-order valence-corrected chi connectivity index (χ0v) is 18.0. The molecule has 1 aliphatic rings. The van der Waals surface area contributed by atoms with Gasteiger partial charge < -0.3 is 19.5 Å². The SMILES string of the molecule is CC[C@@H](CNC(=O)[C@@H](C)OC(=O)/C=C/c1ccc2c(c1)OCCCO2)c1ccccc1. The Bertz CT molecular complexity index is 909. The third-order valence-electron chi connectivity index (χ3n) is 5.13. The molecule has 2 aromatic rings. The van der Waals surface area contributed by atoms with Crippen LogP contribution in [-0.4, -0.2) is 37.7 Å². The van der Waals surface area contributed by atoms with Crippen molar-refractivity contribution in [3.05, 3.63) is 65.7 Å². The van der Waals surface area contributed by atoms with Gasteiger partial charge in [0.05, 0.1) is 13.2 Å². The average molecular weight is 424 g/mol. The zero-order valence-electron chi connectivity index (χ0n) is 18.0. The summed E-state index contributed by atoms with van der Waals surface area (Å²) in [4.78, 5) is 24.5. The third-order valence-corrected chi connectivity index (χ3v) is 5.13. The van der Waals surface area contributed by atoms with Crippen LogP contribution in [0.1, 0.15) is 43.7 Å². The van der Waals surface area contributed by atoms with Crippen LogP contribution in [0.5, 0.6) is 11.5 Å². The van der Waals surface area contributed by atoms with Crippen molar-refractivity contribution in [2.75, 3.05) is 19.8 Å². The molecule has 0 saturated heterocycles. The maximum absolute atomic E-state index is 12.4. The Morgan fingerprint density at radius 3 is 2.58 bits per heavy atom. The van der Waals surface area contributed by atoms with Crippen molar-refractivity contribution in [2.24, 2.45) is 0 Å². The molecule has 1 amide bonds. The minimum absolute atomic E-state index is 0.215. The van der Waals surface area contributed by atoms with Gasteiger partial charge >= 0.3 is 5.97 Å². The summed E-state index contributed by atoms with van der Waals surface area (Å²) in [5, 5.41) is 2.88. The molecule has 1 heterocycles. The number of nitrogens with one attached hydrogen (secondary N) is 1. The standard InChI is InChI=1S/C25H29NO5/c1-3-20(21-8-5-4-6-9-21)17-26-25(28)18(2)31-24(27)13-11-19-10-12-22-23(16-19)30-15-7-14-29-22/h4-6,8-13,16,18,20H,3,7,14-15,17H2,1-2H3,(H,26,28)/b13-11+/t18-,20+/m1/s1. The normalized spacial score (nSPS) is 15.0. The van der Waals surface area contributed by atoms with Gasteiger partial charge in [-0.05, 0) is 42.7 Å². The highest BCUT2D eigenvalue weighted by Crippen LogP contribution is 2.30. The molecule has 31 heavy (non-hydrogen) atoms. The highest BCUT2D eigenvalue weighted by atomic mass is 16.5. The molecule has 6 heteroatoms. The lowest BCUT2D eigenvalue weighted by molar-refractivity contribution is -0.150. The van der Waals surface area contributed by atoms with Crippen molar-refractivity contribution in [3.8, 4) is 11.5 Å². The second kappa shape index (κ2) is 11.2. The summed E-state index contributed by atoms with van der Waals surface area (Å²) < 4.78 is 16.5. The first-order valence-corrected chi connectivity index (χ1v) is 10.7. The number of esters is 1. The number of carbonyl (C=O) groups excluding carboxylic acids is 2. The van der Waals surface area contributed by atoms with Gasteiger partial charge in [0.1, 0.15) is 0 Å². The minimum Gasteiger partial charge on any atom is -0.490 e. The lowest BCUT2D eigenvalue weighted by atomic mass is 9.96. The largest absolute Gasteiger partial charge is 0.490 e. The number of hydrogen-bond donors (Lipinski definition) is 1. The number of ether oxygens (including phenoxy) is 3. The molecule has 0 spiro atoms. The maximum atomic E-state index is 12.4. The number of benzene rings is 2. The predicted octanol–water partition coefficient (Wildman–Crippen LogP) is 4.10. The molecule has 2 aromatic carbocycles. The van der Waals surface area contributed by atoms with E-state index in [9.17, 15) is 9.59 Å². The molecule has 0 fully saturated rings. The van der Waals surface area contributed by atoms with E-state index in [0.29, 0.717) is 31.3 Å². The van der Waals surface area contributed by atoms with Crippen LogP contribution < -0.4 is 14.8 Å². The van der Waals surface area contributed by atoms with Crippen molar-refractivity contribution in [3.63, 3.8) is 0 Å². The Labute approximate surface area is 183 Å². The minimum atomic E-state index is -0.880. The van der Waals surface area contributed by atoms with Gasteiger partial charge in [0.2, 0.25) is 0 Å². The second-order valence-corrected chi connectivity index (χ2v) is 7.43. The number of amides is 1. The van der Waals surface area contributed by atoms with Crippen LogP contribution in [0.25, 0.3) is 6.08 Å². The topological polar surface area (TPSA) is 73.9 Å². The molecular weight excluding hydrogens is 394 g/mol.